The Morgan fingerprint density at radius 1 is 1.26 bits per heavy atom. The van der Waals surface area contributed by atoms with Gasteiger partial charge in [0.05, 0.1) is 6.61 Å². The molecule has 0 amide bonds. The summed E-state index contributed by atoms with van der Waals surface area (Å²) in [4.78, 5) is 4.18. The van der Waals surface area contributed by atoms with Gasteiger partial charge in [0.15, 0.2) is 0 Å². The van der Waals surface area contributed by atoms with Crippen molar-refractivity contribution < 1.29 is 9.47 Å². The summed E-state index contributed by atoms with van der Waals surface area (Å²) in [6.07, 6.45) is 1.70. The summed E-state index contributed by atoms with van der Waals surface area (Å²) in [5, 5.41) is 0. The van der Waals surface area contributed by atoms with E-state index in [9.17, 15) is 0 Å². The second-order valence-electron chi connectivity index (χ2n) is 4.40. The number of aromatic nitrogens is 1. The van der Waals surface area contributed by atoms with Crippen molar-refractivity contribution in [2.24, 2.45) is 5.73 Å². The number of nitrogens with two attached hydrogens (primary N) is 1. The largest absolute Gasteiger partial charge is 0.439 e. The molecule has 0 aliphatic carbocycles. The summed E-state index contributed by atoms with van der Waals surface area (Å²) in [6.45, 7) is 2.49. The molecule has 0 saturated carbocycles. The molecule has 1 heterocycles. The van der Waals surface area contributed by atoms with Crippen LogP contribution in [0.1, 0.15) is 24.1 Å². The molecule has 100 valence electrons. The van der Waals surface area contributed by atoms with E-state index in [4.69, 9.17) is 15.2 Å². The number of benzene rings is 1. The molecule has 0 aliphatic heterocycles. The van der Waals surface area contributed by atoms with E-state index < -0.39 is 0 Å². The molecule has 0 spiro atoms. The normalized spacial score (nSPS) is 12.2. The van der Waals surface area contributed by atoms with Crippen LogP contribution in [0.5, 0.6) is 11.6 Å². The van der Waals surface area contributed by atoms with E-state index in [0.29, 0.717) is 12.5 Å². The van der Waals surface area contributed by atoms with E-state index >= 15 is 0 Å². The number of ether oxygens (including phenoxy) is 2. The predicted octanol–water partition coefficient (Wildman–Crippen LogP) is 3.04. The maximum atomic E-state index is 5.84. The summed E-state index contributed by atoms with van der Waals surface area (Å²) in [6, 6.07) is 11.4. The molecule has 4 heteroatoms. The Kier molecular flexibility index (Phi) is 4.49. The highest BCUT2D eigenvalue weighted by atomic mass is 16.5. The smallest absolute Gasteiger partial charge is 0.219 e. The SMILES string of the molecule is COCc1cccc(Oc2cc(C(C)N)ccn2)c1. The van der Waals surface area contributed by atoms with Crippen LogP contribution in [-0.4, -0.2) is 12.1 Å². The Bertz CT molecular complexity index is 541. The zero-order valence-electron chi connectivity index (χ0n) is 11.2. The lowest BCUT2D eigenvalue weighted by molar-refractivity contribution is 0.184. The first-order valence-electron chi connectivity index (χ1n) is 6.16. The van der Waals surface area contributed by atoms with Crippen LogP contribution in [0.2, 0.25) is 0 Å². The molecule has 2 N–H and O–H groups in total. The molecule has 1 atom stereocenters. The van der Waals surface area contributed by atoms with Gasteiger partial charge in [-0.15, -0.1) is 0 Å². The highest BCUT2D eigenvalue weighted by molar-refractivity contribution is 5.32. The number of pyridine rings is 1. The standard InChI is InChI=1S/C15H18N2O2/c1-11(16)13-6-7-17-15(9-13)19-14-5-3-4-12(8-14)10-18-2/h3-9,11H,10,16H2,1-2H3. The zero-order chi connectivity index (χ0) is 13.7. The average molecular weight is 258 g/mol. The Labute approximate surface area is 113 Å². The summed E-state index contributed by atoms with van der Waals surface area (Å²) >= 11 is 0. The summed E-state index contributed by atoms with van der Waals surface area (Å²) in [5.74, 6) is 1.29. The monoisotopic (exact) mass is 258 g/mol. The topological polar surface area (TPSA) is 57.4 Å². The van der Waals surface area contributed by atoms with Crippen molar-refractivity contribution in [1.29, 1.82) is 0 Å². The molecule has 1 aromatic carbocycles. The maximum Gasteiger partial charge on any atom is 0.219 e. The van der Waals surface area contributed by atoms with Crippen LogP contribution in [0.3, 0.4) is 0 Å². The van der Waals surface area contributed by atoms with E-state index in [1.54, 1.807) is 13.3 Å². The van der Waals surface area contributed by atoms with Crippen LogP contribution in [0.25, 0.3) is 0 Å². The van der Waals surface area contributed by atoms with Crippen LogP contribution in [-0.2, 0) is 11.3 Å². The molecule has 0 aliphatic rings. The van der Waals surface area contributed by atoms with E-state index in [1.165, 1.54) is 0 Å². The highest BCUT2D eigenvalue weighted by Crippen LogP contribution is 2.22. The third-order valence-electron chi connectivity index (χ3n) is 2.72. The van der Waals surface area contributed by atoms with Crippen LogP contribution in [0.15, 0.2) is 42.6 Å². The van der Waals surface area contributed by atoms with Gasteiger partial charge in [0, 0.05) is 25.4 Å². The maximum absolute atomic E-state index is 5.84. The Hall–Kier alpha value is -1.91. The van der Waals surface area contributed by atoms with E-state index in [0.717, 1.165) is 16.9 Å². The molecule has 1 unspecified atom stereocenters. The van der Waals surface area contributed by atoms with Crippen molar-refractivity contribution >= 4 is 0 Å². The van der Waals surface area contributed by atoms with E-state index in [1.807, 2.05) is 43.3 Å². The number of nitrogens with zero attached hydrogens (tertiary/aromatic N) is 1. The Balaban J connectivity index is 2.16. The fourth-order valence-corrected chi connectivity index (χ4v) is 1.75. The van der Waals surface area contributed by atoms with Gasteiger partial charge in [-0.3, -0.25) is 0 Å². The van der Waals surface area contributed by atoms with Crippen molar-refractivity contribution in [3.05, 3.63) is 53.7 Å². The predicted molar refractivity (Wildman–Crippen MR) is 74.1 cm³/mol. The van der Waals surface area contributed by atoms with Crippen molar-refractivity contribution in [3.63, 3.8) is 0 Å². The van der Waals surface area contributed by atoms with Gasteiger partial charge >= 0.3 is 0 Å². The third kappa shape index (κ3) is 3.77. The zero-order valence-corrected chi connectivity index (χ0v) is 11.2. The molecule has 1 aromatic heterocycles. The first-order chi connectivity index (χ1) is 9.19. The molecular weight excluding hydrogens is 240 g/mol. The fourth-order valence-electron chi connectivity index (χ4n) is 1.75. The van der Waals surface area contributed by atoms with Gasteiger partial charge in [0.25, 0.3) is 0 Å². The first-order valence-corrected chi connectivity index (χ1v) is 6.16. The highest BCUT2D eigenvalue weighted by Gasteiger charge is 2.04. The summed E-state index contributed by atoms with van der Waals surface area (Å²) in [7, 11) is 1.67. The first kappa shape index (κ1) is 13.5. The van der Waals surface area contributed by atoms with Crippen LogP contribution in [0, 0.1) is 0 Å². The Morgan fingerprint density at radius 3 is 2.84 bits per heavy atom. The second kappa shape index (κ2) is 6.31. The van der Waals surface area contributed by atoms with Crippen molar-refractivity contribution in [2.45, 2.75) is 19.6 Å². The lowest BCUT2D eigenvalue weighted by atomic mass is 10.1. The Morgan fingerprint density at radius 2 is 2.11 bits per heavy atom. The van der Waals surface area contributed by atoms with Gasteiger partial charge in [-0.1, -0.05) is 12.1 Å². The molecule has 4 nitrogen and oxygen atoms in total. The van der Waals surface area contributed by atoms with Crippen LogP contribution < -0.4 is 10.5 Å². The van der Waals surface area contributed by atoms with E-state index in [-0.39, 0.29) is 6.04 Å². The second-order valence-corrected chi connectivity index (χ2v) is 4.40. The van der Waals surface area contributed by atoms with Crippen LogP contribution in [0.4, 0.5) is 0 Å². The quantitative estimate of drug-likeness (QED) is 0.895. The minimum Gasteiger partial charge on any atom is -0.439 e. The molecule has 2 aromatic rings. The van der Waals surface area contributed by atoms with Crippen molar-refractivity contribution in [1.82, 2.24) is 4.98 Å². The van der Waals surface area contributed by atoms with Gasteiger partial charge in [-0.05, 0) is 36.2 Å². The molecule has 0 fully saturated rings. The average Bonchev–Trinajstić information content (AvgIpc) is 2.40. The van der Waals surface area contributed by atoms with Gasteiger partial charge in [0.2, 0.25) is 5.88 Å². The van der Waals surface area contributed by atoms with Crippen LogP contribution >= 0.6 is 0 Å². The number of hydrogen-bond donors (Lipinski definition) is 1. The third-order valence-corrected chi connectivity index (χ3v) is 2.72. The summed E-state index contributed by atoms with van der Waals surface area (Å²) in [5.41, 5.74) is 7.90. The number of methoxy groups -OCH3 is 1. The lowest BCUT2D eigenvalue weighted by Crippen LogP contribution is -2.05. The number of hydrogen-bond acceptors (Lipinski definition) is 4. The lowest BCUT2D eigenvalue weighted by Gasteiger charge is -2.09. The van der Waals surface area contributed by atoms with E-state index in [2.05, 4.69) is 4.98 Å². The van der Waals surface area contributed by atoms with Gasteiger partial charge < -0.3 is 15.2 Å². The minimum atomic E-state index is -0.0369. The molecule has 0 saturated heterocycles. The van der Waals surface area contributed by atoms with Gasteiger partial charge in [-0.25, -0.2) is 4.98 Å². The van der Waals surface area contributed by atoms with Crippen molar-refractivity contribution in [3.8, 4) is 11.6 Å². The molecule has 0 bridgehead atoms. The fraction of sp³-hybridized carbons (Fsp3) is 0.267. The molecule has 2 rings (SSSR count). The summed E-state index contributed by atoms with van der Waals surface area (Å²) < 4.78 is 10.8. The van der Waals surface area contributed by atoms with Gasteiger partial charge in [0.1, 0.15) is 5.75 Å². The minimum absolute atomic E-state index is 0.0369. The molecule has 0 radical (unpaired) electrons. The molecular formula is C15H18N2O2. The van der Waals surface area contributed by atoms with Crippen molar-refractivity contribution in [2.75, 3.05) is 7.11 Å². The molecule has 19 heavy (non-hydrogen) atoms. The number of rotatable bonds is 5. The van der Waals surface area contributed by atoms with Gasteiger partial charge in [-0.2, -0.15) is 0 Å².